The Balaban J connectivity index is 2.25. The maximum absolute atomic E-state index is 11.1. The van der Waals surface area contributed by atoms with Gasteiger partial charge in [-0.3, -0.25) is 14.8 Å². The monoisotopic (exact) mass is 287 g/mol. The molecule has 0 atom stereocenters. The van der Waals surface area contributed by atoms with Crippen molar-refractivity contribution < 1.29 is 9.66 Å². The highest BCUT2D eigenvalue weighted by Crippen LogP contribution is 2.30. The summed E-state index contributed by atoms with van der Waals surface area (Å²) in [6.07, 6.45) is 3.26. The molecule has 21 heavy (non-hydrogen) atoms. The van der Waals surface area contributed by atoms with Crippen LogP contribution in [0.25, 0.3) is 0 Å². The van der Waals surface area contributed by atoms with Crippen LogP contribution in [0.2, 0.25) is 0 Å². The van der Waals surface area contributed by atoms with Crippen molar-refractivity contribution in [2.75, 3.05) is 19.0 Å². The van der Waals surface area contributed by atoms with Gasteiger partial charge >= 0.3 is 5.69 Å². The van der Waals surface area contributed by atoms with Crippen molar-refractivity contribution in [3.05, 3.63) is 46.3 Å². The summed E-state index contributed by atoms with van der Waals surface area (Å²) in [5, 5.41) is 27.1. The van der Waals surface area contributed by atoms with Gasteiger partial charge < -0.3 is 10.1 Å². The van der Waals surface area contributed by atoms with Gasteiger partial charge in [0.25, 0.3) is 0 Å². The Hall–Kier alpha value is -2.92. The standard InChI is InChI=1S/C13H13N5O3/c1-21-6-5-17-9-11(8-15-17)16-12-4-2-3-10(7-14)13(12)18(19)20/h2-4,8-9,16H,5-6H2,1H3. The van der Waals surface area contributed by atoms with Crippen LogP contribution in [0.3, 0.4) is 0 Å². The molecule has 0 saturated heterocycles. The average Bonchev–Trinajstić information content (AvgIpc) is 2.92. The van der Waals surface area contributed by atoms with Gasteiger partial charge in [-0.25, -0.2) is 0 Å². The lowest BCUT2D eigenvalue weighted by Gasteiger charge is -2.05. The van der Waals surface area contributed by atoms with Crippen molar-refractivity contribution in [2.45, 2.75) is 6.54 Å². The molecule has 0 unspecified atom stereocenters. The summed E-state index contributed by atoms with van der Waals surface area (Å²) in [5.41, 5.74) is 0.621. The SMILES string of the molecule is COCCn1cc(Nc2cccc(C#N)c2[N+](=O)[O-])cn1. The number of rotatable bonds is 6. The third kappa shape index (κ3) is 3.34. The normalized spacial score (nSPS) is 10.1. The molecular weight excluding hydrogens is 274 g/mol. The maximum atomic E-state index is 11.1. The third-order valence-electron chi connectivity index (χ3n) is 2.78. The number of benzene rings is 1. The topological polar surface area (TPSA) is 106 Å². The van der Waals surface area contributed by atoms with E-state index in [9.17, 15) is 10.1 Å². The first-order chi connectivity index (χ1) is 10.2. The number of nitro groups is 1. The fraction of sp³-hybridized carbons (Fsp3) is 0.231. The van der Waals surface area contributed by atoms with E-state index >= 15 is 0 Å². The highest BCUT2D eigenvalue weighted by Gasteiger charge is 2.19. The quantitative estimate of drug-likeness (QED) is 0.643. The first-order valence-electron chi connectivity index (χ1n) is 6.11. The lowest BCUT2D eigenvalue weighted by molar-refractivity contribution is -0.384. The minimum atomic E-state index is -0.573. The lowest BCUT2D eigenvalue weighted by atomic mass is 10.1. The number of anilines is 2. The molecule has 0 fully saturated rings. The largest absolute Gasteiger partial charge is 0.383 e. The molecule has 0 amide bonds. The van der Waals surface area contributed by atoms with Crippen LogP contribution in [0.15, 0.2) is 30.6 Å². The van der Waals surface area contributed by atoms with Gasteiger partial charge in [0, 0.05) is 13.3 Å². The van der Waals surface area contributed by atoms with Crippen LogP contribution in [0.1, 0.15) is 5.56 Å². The highest BCUT2D eigenvalue weighted by atomic mass is 16.6. The number of nitrogens with one attached hydrogen (secondary N) is 1. The van der Waals surface area contributed by atoms with Gasteiger partial charge in [-0.15, -0.1) is 0 Å². The molecule has 1 aromatic heterocycles. The molecule has 0 aliphatic heterocycles. The van der Waals surface area contributed by atoms with Gasteiger partial charge in [-0.1, -0.05) is 6.07 Å². The number of methoxy groups -OCH3 is 1. The average molecular weight is 287 g/mol. The molecule has 8 nitrogen and oxygen atoms in total. The molecule has 8 heteroatoms. The zero-order valence-electron chi connectivity index (χ0n) is 11.3. The van der Waals surface area contributed by atoms with Gasteiger partial charge in [0.1, 0.15) is 17.3 Å². The third-order valence-corrected chi connectivity index (χ3v) is 2.78. The fourth-order valence-electron chi connectivity index (χ4n) is 1.82. The van der Waals surface area contributed by atoms with Gasteiger partial charge in [-0.05, 0) is 12.1 Å². The molecule has 0 aliphatic rings. The molecule has 108 valence electrons. The second-order valence-corrected chi connectivity index (χ2v) is 4.18. The minimum absolute atomic E-state index is 0.0109. The van der Waals surface area contributed by atoms with E-state index in [0.717, 1.165) is 0 Å². The maximum Gasteiger partial charge on any atom is 0.310 e. The molecule has 2 aromatic rings. The number of nitro benzene ring substituents is 1. The summed E-state index contributed by atoms with van der Waals surface area (Å²) in [7, 11) is 1.60. The predicted molar refractivity (Wildman–Crippen MR) is 75.2 cm³/mol. The van der Waals surface area contributed by atoms with Crippen LogP contribution in [0, 0.1) is 21.4 Å². The Morgan fingerprint density at radius 1 is 1.57 bits per heavy atom. The van der Waals surface area contributed by atoms with Crippen LogP contribution in [-0.2, 0) is 11.3 Å². The second-order valence-electron chi connectivity index (χ2n) is 4.18. The zero-order chi connectivity index (χ0) is 15.2. The number of aromatic nitrogens is 2. The molecule has 0 radical (unpaired) electrons. The number of para-hydroxylation sites is 1. The summed E-state index contributed by atoms with van der Waals surface area (Å²) in [4.78, 5) is 10.5. The molecule has 0 bridgehead atoms. The van der Waals surface area contributed by atoms with Gasteiger partial charge in [0.2, 0.25) is 0 Å². The number of nitrogens with zero attached hydrogens (tertiary/aromatic N) is 4. The molecule has 1 heterocycles. The summed E-state index contributed by atoms with van der Waals surface area (Å²) < 4.78 is 6.61. The van der Waals surface area contributed by atoms with Crippen molar-refractivity contribution in [1.82, 2.24) is 9.78 Å². The molecular formula is C13H13N5O3. The minimum Gasteiger partial charge on any atom is -0.383 e. The summed E-state index contributed by atoms with van der Waals surface area (Å²) in [5.74, 6) is 0. The Kier molecular flexibility index (Phi) is 4.48. The second kappa shape index (κ2) is 6.49. The van der Waals surface area contributed by atoms with Crippen molar-refractivity contribution in [2.24, 2.45) is 0 Å². The van der Waals surface area contributed by atoms with Crippen LogP contribution in [-0.4, -0.2) is 28.4 Å². The Bertz CT molecular complexity index is 689. The van der Waals surface area contributed by atoms with Crippen LogP contribution >= 0.6 is 0 Å². The van der Waals surface area contributed by atoms with E-state index in [4.69, 9.17) is 10.00 Å². The predicted octanol–water partition coefficient (Wildman–Crippen LogP) is 2.05. The van der Waals surface area contributed by atoms with Crippen molar-refractivity contribution in [3.63, 3.8) is 0 Å². The Labute approximate surface area is 120 Å². The van der Waals surface area contributed by atoms with E-state index in [2.05, 4.69) is 10.4 Å². The van der Waals surface area contributed by atoms with E-state index in [1.807, 2.05) is 6.07 Å². The first kappa shape index (κ1) is 14.5. The van der Waals surface area contributed by atoms with Crippen LogP contribution in [0.4, 0.5) is 17.1 Å². The zero-order valence-corrected chi connectivity index (χ0v) is 11.3. The Morgan fingerprint density at radius 2 is 2.38 bits per heavy atom. The number of hydrogen-bond acceptors (Lipinski definition) is 6. The summed E-state index contributed by atoms with van der Waals surface area (Å²) in [6.45, 7) is 1.10. The number of hydrogen-bond donors (Lipinski definition) is 1. The number of nitriles is 1. The van der Waals surface area contributed by atoms with Crippen LogP contribution < -0.4 is 5.32 Å². The molecule has 2 rings (SSSR count). The molecule has 1 N–H and O–H groups in total. The van der Waals surface area contributed by atoms with Crippen LogP contribution in [0.5, 0.6) is 0 Å². The van der Waals surface area contributed by atoms with E-state index in [1.165, 1.54) is 6.07 Å². The van der Waals surface area contributed by atoms with Crippen molar-refractivity contribution >= 4 is 17.1 Å². The Morgan fingerprint density at radius 3 is 3.05 bits per heavy atom. The fourth-order valence-corrected chi connectivity index (χ4v) is 1.82. The number of ether oxygens (including phenoxy) is 1. The molecule has 1 aromatic carbocycles. The van der Waals surface area contributed by atoms with E-state index in [1.54, 1.807) is 36.3 Å². The van der Waals surface area contributed by atoms with E-state index in [0.29, 0.717) is 18.8 Å². The van der Waals surface area contributed by atoms with Gasteiger partial charge in [-0.2, -0.15) is 10.4 Å². The highest BCUT2D eigenvalue weighted by molar-refractivity contribution is 5.73. The molecule has 0 aliphatic carbocycles. The van der Waals surface area contributed by atoms with E-state index in [-0.39, 0.29) is 16.9 Å². The van der Waals surface area contributed by atoms with Gasteiger partial charge in [0.15, 0.2) is 0 Å². The van der Waals surface area contributed by atoms with Gasteiger partial charge in [0.05, 0.1) is 30.0 Å². The smallest absolute Gasteiger partial charge is 0.310 e. The first-order valence-corrected chi connectivity index (χ1v) is 6.11. The van der Waals surface area contributed by atoms with Crippen molar-refractivity contribution in [1.29, 1.82) is 5.26 Å². The molecule has 0 spiro atoms. The van der Waals surface area contributed by atoms with E-state index < -0.39 is 4.92 Å². The summed E-state index contributed by atoms with van der Waals surface area (Å²) in [6, 6.07) is 6.36. The lowest BCUT2D eigenvalue weighted by Crippen LogP contribution is -2.04. The van der Waals surface area contributed by atoms with Crippen molar-refractivity contribution in [3.8, 4) is 6.07 Å². The summed E-state index contributed by atoms with van der Waals surface area (Å²) >= 11 is 0. The molecule has 0 saturated carbocycles.